The number of para-hydroxylation sites is 1. The van der Waals surface area contributed by atoms with E-state index in [9.17, 15) is 13.2 Å². The Morgan fingerprint density at radius 3 is 2.50 bits per heavy atom. The number of carbonyl (C=O) groups is 1. The van der Waals surface area contributed by atoms with Crippen LogP contribution in [0.1, 0.15) is 10.4 Å². The molecule has 5 heteroatoms. The highest BCUT2D eigenvalue weighted by Gasteiger charge is 2.00. The lowest BCUT2D eigenvalue weighted by Crippen LogP contribution is -1.93. The van der Waals surface area contributed by atoms with Crippen LogP contribution in [-0.2, 0) is 11.0 Å². The highest BCUT2D eigenvalue weighted by atomic mass is 32.2. The summed E-state index contributed by atoms with van der Waals surface area (Å²) in [5.74, 6) is 0.0589. The molecule has 0 spiro atoms. The lowest BCUT2D eigenvalue weighted by Gasteiger charge is -1.98. The first-order chi connectivity index (χ1) is 5.74. The number of thiol groups is 1. The molecule has 0 aliphatic rings. The van der Waals surface area contributed by atoms with Gasteiger partial charge in [-0.15, -0.1) is 0 Å². The van der Waals surface area contributed by atoms with Crippen molar-refractivity contribution in [2.24, 2.45) is 0 Å². The second-order valence-electron chi connectivity index (χ2n) is 1.97. The van der Waals surface area contributed by atoms with E-state index in [4.69, 9.17) is 0 Å². The molecule has 1 rings (SSSR count). The van der Waals surface area contributed by atoms with Gasteiger partial charge in [-0.25, -0.2) is 0 Å². The minimum Gasteiger partial charge on any atom is -0.384 e. The summed E-state index contributed by atoms with van der Waals surface area (Å²) < 4.78 is 24.6. The van der Waals surface area contributed by atoms with E-state index in [0.29, 0.717) is 6.29 Å². The van der Waals surface area contributed by atoms with E-state index >= 15 is 0 Å². The van der Waals surface area contributed by atoms with Crippen molar-refractivity contribution in [2.45, 2.75) is 0 Å². The van der Waals surface area contributed by atoms with E-state index in [-0.39, 0.29) is 11.3 Å². The molecule has 0 unspecified atom stereocenters. The highest BCUT2D eigenvalue weighted by molar-refractivity contribution is 7.67. The number of benzene rings is 1. The van der Waals surface area contributed by atoms with Crippen molar-refractivity contribution in [3.05, 3.63) is 29.8 Å². The van der Waals surface area contributed by atoms with Gasteiger partial charge in [0.05, 0.1) is 5.56 Å². The number of rotatable bonds is 3. The molecule has 0 fully saturated rings. The Hall–Kier alpha value is -1.36. The first kappa shape index (κ1) is 8.73. The molecule has 0 aliphatic heterocycles. The van der Waals surface area contributed by atoms with Crippen LogP contribution in [0.5, 0.6) is 5.75 Å². The van der Waals surface area contributed by atoms with Gasteiger partial charge in [0.2, 0.25) is 0 Å². The highest BCUT2D eigenvalue weighted by Crippen LogP contribution is 2.15. The van der Waals surface area contributed by atoms with E-state index in [1.807, 2.05) is 0 Å². The third kappa shape index (κ3) is 2.06. The minimum absolute atomic E-state index is 0.0589. The van der Waals surface area contributed by atoms with Crippen molar-refractivity contribution in [1.29, 1.82) is 0 Å². The quantitative estimate of drug-likeness (QED) is 0.548. The molecule has 0 aliphatic carbocycles. The molecule has 1 aromatic carbocycles. The fourth-order valence-electron chi connectivity index (χ4n) is 0.741. The summed E-state index contributed by atoms with van der Waals surface area (Å²) in [6.45, 7) is 0. The molecule has 0 N–H and O–H groups in total. The van der Waals surface area contributed by atoms with Crippen LogP contribution >= 0.6 is 0 Å². The first-order valence-corrected chi connectivity index (χ1v) is 4.20. The molecule has 0 saturated heterocycles. The topological polar surface area (TPSA) is 60.4 Å². The van der Waals surface area contributed by atoms with Crippen LogP contribution in [0.4, 0.5) is 0 Å². The van der Waals surface area contributed by atoms with Crippen LogP contribution in [0.25, 0.3) is 0 Å². The maximum atomic E-state index is 10.3. The van der Waals surface area contributed by atoms with Gasteiger partial charge < -0.3 is 4.18 Å². The number of hydrogen-bond donors (Lipinski definition) is 1. The summed E-state index contributed by atoms with van der Waals surface area (Å²) in [4.78, 5) is 10.3. The van der Waals surface area contributed by atoms with Gasteiger partial charge in [-0.2, -0.15) is 8.42 Å². The Balaban J connectivity index is 3.04. The number of carbonyl (C=O) groups excluding carboxylic acids is 1. The lowest BCUT2D eigenvalue weighted by atomic mass is 10.2. The molecule has 4 nitrogen and oxygen atoms in total. The summed E-state index contributed by atoms with van der Waals surface area (Å²) in [5.41, 5.74) is 0.219. The molecule has 0 radical (unpaired) electrons. The van der Waals surface area contributed by atoms with Crippen LogP contribution in [0.3, 0.4) is 0 Å². The van der Waals surface area contributed by atoms with E-state index in [0.717, 1.165) is 0 Å². The zero-order valence-corrected chi connectivity index (χ0v) is 6.86. The Labute approximate surface area is 70.9 Å². The zero-order chi connectivity index (χ0) is 8.97. The summed E-state index contributed by atoms with van der Waals surface area (Å²) in [5, 5.41) is 0. The summed E-state index contributed by atoms with van der Waals surface area (Å²) in [6, 6.07) is 6.09. The predicted molar refractivity (Wildman–Crippen MR) is 42.8 cm³/mol. The molecule has 64 valence electrons. The van der Waals surface area contributed by atoms with Gasteiger partial charge >= 0.3 is 0 Å². The van der Waals surface area contributed by atoms with Crippen LogP contribution in [0.15, 0.2) is 24.3 Å². The average molecular weight is 186 g/mol. The molecule has 0 amide bonds. The fraction of sp³-hybridized carbons (Fsp3) is 0. The van der Waals surface area contributed by atoms with E-state index in [1.54, 1.807) is 12.1 Å². The second kappa shape index (κ2) is 3.87. The van der Waals surface area contributed by atoms with Gasteiger partial charge in [0.25, 0.3) is 11.0 Å². The average Bonchev–Trinajstić information content (AvgIpc) is 2.04. The van der Waals surface area contributed by atoms with E-state index < -0.39 is 11.0 Å². The maximum absolute atomic E-state index is 10.3. The van der Waals surface area contributed by atoms with Crippen molar-refractivity contribution < 1.29 is 17.4 Å². The number of aldehydes is 1. The smallest absolute Gasteiger partial charge is 0.299 e. The summed E-state index contributed by atoms with van der Waals surface area (Å²) >= 11 is 0. The SMILES string of the molecule is O=Cc1ccccc1O[SH](=O)=O. The lowest BCUT2D eigenvalue weighted by molar-refractivity contribution is 0.112. The molecule has 12 heavy (non-hydrogen) atoms. The van der Waals surface area contributed by atoms with Gasteiger partial charge in [-0.3, -0.25) is 4.79 Å². The maximum Gasteiger partial charge on any atom is 0.299 e. The molecule has 1 aromatic rings. The van der Waals surface area contributed by atoms with Crippen molar-refractivity contribution in [1.82, 2.24) is 0 Å². The summed E-state index contributed by atoms with van der Waals surface area (Å²) in [6.07, 6.45) is 0.536. The van der Waals surface area contributed by atoms with Crippen molar-refractivity contribution in [3.8, 4) is 5.75 Å². The van der Waals surface area contributed by atoms with Crippen molar-refractivity contribution in [2.75, 3.05) is 0 Å². The predicted octanol–water partition coefficient (Wildman–Crippen LogP) is 0.404. The first-order valence-electron chi connectivity index (χ1n) is 3.10. The largest absolute Gasteiger partial charge is 0.384 e. The van der Waals surface area contributed by atoms with Crippen molar-refractivity contribution >= 4 is 17.3 Å². The molecular formula is C7H6O4S. The Bertz CT molecular complexity index is 348. The van der Waals surface area contributed by atoms with E-state index in [2.05, 4.69) is 4.18 Å². The van der Waals surface area contributed by atoms with Crippen LogP contribution in [0, 0.1) is 0 Å². The monoisotopic (exact) mass is 186 g/mol. The van der Waals surface area contributed by atoms with Gasteiger partial charge in [0.1, 0.15) is 0 Å². The minimum atomic E-state index is -2.96. The van der Waals surface area contributed by atoms with E-state index in [1.165, 1.54) is 12.1 Å². The second-order valence-corrected chi connectivity index (χ2v) is 2.60. The molecule has 0 atom stereocenters. The van der Waals surface area contributed by atoms with Crippen molar-refractivity contribution in [3.63, 3.8) is 0 Å². The van der Waals surface area contributed by atoms with Gasteiger partial charge in [0, 0.05) is 0 Å². The van der Waals surface area contributed by atoms with Crippen LogP contribution in [-0.4, -0.2) is 14.7 Å². The molecular weight excluding hydrogens is 180 g/mol. The summed E-state index contributed by atoms with van der Waals surface area (Å²) in [7, 11) is -2.96. The van der Waals surface area contributed by atoms with Crippen LogP contribution in [0.2, 0.25) is 0 Å². The fourth-order valence-corrected chi connectivity index (χ4v) is 1.07. The third-order valence-electron chi connectivity index (χ3n) is 1.22. The standard InChI is InChI=1S/C7H6O4S/c8-5-6-3-1-2-4-7(6)11-12(9)10/h1-5,12H. The molecule has 0 heterocycles. The van der Waals surface area contributed by atoms with Gasteiger partial charge in [-0.1, -0.05) is 12.1 Å². The van der Waals surface area contributed by atoms with Gasteiger partial charge in [-0.05, 0) is 12.1 Å². The van der Waals surface area contributed by atoms with Gasteiger partial charge in [0.15, 0.2) is 12.0 Å². The molecule has 0 bridgehead atoms. The third-order valence-corrected chi connectivity index (χ3v) is 1.56. The molecule has 0 saturated carbocycles. The Kier molecular flexibility index (Phi) is 2.82. The Morgan fingerprint density at radius 1 is 1.25 bits per heavy atom. The Morgan fingerprint density at radius 2 is 1.92 bits per heavy atom. The molecule has 0 aromatic heterocycles. The normalized spacial score (nSPS) is 9.75. The number of hydrogen-bond acceptors (Lipinski definition) is 4. The van der Waals surface area contributed by atoms with Crippen LogP contribution < -0.4 is 4.18 Å². The zero-order valence-electron chi connectivity index (χ0n) is 5.97.